The molecule has 49 heavy (non-hydrogen) atoms. The number of hydrogen-bond acceptors (Lipinski definition) is 0. The Hall–Kier alpha value is -2.18. The summed E-state index contributed by atoms with van der Waals surface area (Å²) >= 11 is -4.86. The Morgan fingerprint density at radius 1 is 0.531 bits per heavy atom. The summed E-state index contributed by atoms with van der Waals surface area (Å²) < 4.78 is 0.876. The molecule has 4 aromatic carbocycles. The SMILES string of the molecule is C[CH2][Zr]([Cl])([Cl])([CH]1C(C)=Cc2c(-c3ccc(C(C)(C)C)cc3)c(C)cc(C)c21)[CH]1C(C)=Cc2c(-c3ccc(C(C)(C)C)cc3)c(C)cc(C)c21. The van der Waals surface area contributed by atoms with Gasteiger partial charge in [-0.25, -0.2) is 0 Å². The second-order valence-corrected chi connectivity index (χ2v) is 40.3. The van der Waals surface area contributed by atoms with Crippen LogP contribution < -0.4 is 0 Å². The molecule has 3 heteroatoms. The fourth-order valence-electron chi connectivity index (χ4n) is 9.35. The molecule has 0 N–H and O–H groups in total. The van der Waals surface area contributed by atoms with Gasteiger partial charge in [0.15, 0.2) is 0 Å². The van der Waals surface area contributed by atoms with Crippen LogP contribution >= 0.6 is 17.0 Å². The molecule has 0 aromatic heterocycles. The summed E-state index contributed by atoms with van der Waals surface area (Å²) in [6.07, 6.45) is 4.86. The summed E-state index contributed by atoms with van der Waals surface area (Å²) in [4.78, 5) is 0. The molecular formula is C46H55Cl2Zr. The first-order valence-electron chi connectivity index (χ1n) is 18.1. The van der Waals surface area contributed by atoms with Gasteiger partial charge in [0.05, 0.1) is 0 Å². The Labute approximate surface area is 305 Å². The summed E-state index contributed by atoms with van der Waals surface area (Å²) in [5.41, 5.74) is 21.3. The molecule has 0 nitrogen and oxygen atoms in total. The summed E-state index contributed by atoms with van der Waals surface area (Å²) in [5.74, 6) is 0. The van der Waals surface area contributed by atoms with Crippen molar-refractivity contribution in [3.05, 3.63) is 127 Å². The van der Waals surface area contributed by atoms with E-state index in [9.17, 15) is 0 Å². The number of benzene rings is 4. The van der Waals surface area contributed by atoms with E-state index in [4.69, 9.17) is 17.0 Å². The molecule has 6 rings (SSSR count). The molecule has 0 fully saturated rings. The van der Waals surface area contributed by atoms with Crippen LogP contribution in [0.2, 0.25) is 4.13 Å². The van der Waals surface area contributed by atoms with Gasteiger partial charge in [0, 0.05) is 0 Å². The van der Waals surface area contributed by atoms with E-state index in [1.54, 1.807) is 0 Å². The van der Waals surface area contributed by atoms with E-state index in [2.05, 4.69) is 163 Å². The third kappa shape index (κ3) is 5.93. The van der Waals surface area contributed by atoms with Crippen molar-refractivity contribution < 1.29 is 16.4 Å². The van der Waals surface area contributed by atoms with Gasteiger partial charge in [-0.3, -0.25) is 0 Å². The molecule has 2 aliphatic rings. The standard InChI is InChI=1S/2C22H25.C2H5.2ClH.Zr/c2*1-14-11-19-15(2)13-16(3)21(20(19)12-14)17-7-9-18(10-8-17)22(4,5)6;1-2;;;/h2*7-13H,1-6H3;1H2,2H3;2*1H;/q;;;;;+2/p-2. The summed E-state index contributed by atoms with van der Waals surface area (Å²) in [6, 6.07) is 23.2. The van der Waals surface area contributed by atoms with Gasteiger partial charge in [-0.1, -0.05) is 0 Å². The van der Waals surface area contributed by atoms with Crippen molar-refractivity contribution in [3.8, 4) is 22.3 Å². The molecule has 0 bridgehead atoms. The second kappa shape index (κ2) is 12.2. The van der Waals surface area contributed by atoms with E-state index in [0.717, 1.165) is 4.13 Å². The Bertz CT molecular complexity index is 1900. The predicted octanol–water partition coefficient (Wildman–Crippen LogP) is 14.9. The maximum absolute atomic E-state index is 8.49. The molecule has 0 amide bonds. The van der Waals surface area contributed by atoms with Crippen LogP contribution in [0.1, 0.15) is 125 Å². The summed E-state index contributed by atoms with van der Waals surface area (Å²) in [7, 11) is 17.0. The fourth-order valence-corrected chi connectivity index (χ4v) is 28.6. The average molecular weight is 770 g/mol. The minimum absolute atomic E-state index is 0.0347. The molecule has 257 valence electrons. The van der Waals surface area contributed by atoms with E-state index in [0.29, 0.717) is 0 Å². The molecule has 0 heterocycles. The molecular weight excluding hydrogens is 715 g/mol. The molecule has 2 aliphatic carbocycles. The molecule has 2 unspecified atom stereocenters. The van der Waals surface area contributed by atoms with Crippen molar-refractivity contribution >= 4 is 29.2 Å². The zero-order chi connectivity index (χ0) is 36.0. The van der Waals surface area contributed by atoms with Crippen molar-refractivity contribution in [1.82, 2.24) is 0 Å². The van der Waals surface area contributed by atoms with Crippen LogP contribution in [0.5, 0.6) is 0 Å². The Kier molecular flexibility index (Phi) is 9.12. The number of hydrogen-bond donors (Lipinski definition) is 0. The average Bonchev–Trinajstić information content (AvgIpc) is 3.55. The van der Waals surface area contributed by atoms with Crippen molar-refractivity contribution in [1.29, 1.82) is 0 Å². The molecule has 0 saturated heterocycles. The van der Waals surface area contributed by atoms with Crippen LogP contribution in [0.3, 0.4) is 0 Å². The molecule has 0 radical (unpaired) electrons. The fraction of sp³-hybridized carbons (Fsp3) is 0.391. The third-order valence-electron chi connectivity index (χ3n) is 11.8. The maximum atomic E-state index is 8.49. The van der Waals surface area contributed by atoms with Crippen LogP contribution in [0.15, 0.2) is 71.8 Å². The van der Waals surface area contributed by atoms with Gasteiger partial charge < -0.3 is 0 Å². The Morgan fingerprint density at radius 3 is 1.14 bits per heavy atom. The van der Waals surface area contributed by atoms with E-state index in [1.165, 1.54) is 89.0 Å². The molecule has 0 saturated carbocycles. The van der Waals surface area contributed by atoms with E-state index in [1.807, 2.05) is 0 Å². The Balaban J connectivity index is 1.54. The van der Waals surface area contributed by atoms with Gasteiger partial charge in [0.2, 0.25) is 0 Å². The number of allylic oxidation sites excluding steroid dienone is 2. The molecule has 2 atom stereocenters. The van der Waals surface area contributed by atoms with E-state index >= 15 is 0 Å². The van der Waals surface area contributed by atoms with Crippen LogP contribution in [0, 0.1) is 27.7 Å². The van der Waals surface area contributed by atoms with Crippen LogP contribution in [-0.4, -0.2) is 0 Å². The van der Waals surface area contributed by atoms with Gasteiger partial charge in [0.25, 0.3) is 0 Å². The number of halogens is 2. The normalized spacial score (nSPS) is 18.5. The summed E-state index contributed by atoms with van der Waals surface area (Å²) in [5, 5.41) is 0. The molecule has 0 spiro atoms. The number of fused-ring (bicyclic) bond motifs is 2. The second-order valence-electron chi connectivity index (χ2n) is 17.4. The van der Waals surface area contributed by atoms with Gasteiger partial charge >= 0.3 is 307 Å². The quantitative estimate of drug-likeness (QED) is 0.190. The summed E-state index contributed by atoms with van der Waals surface area (Å²) in [6.45, 7) is 29.6. The van der Waals surface area contributed by atoms with Crippen LogP contribution in [0.4, 0.5) is 0 Å². The van der Waals surface area contributed by atoms with Crippen LogP contribution in [0.25, 0.3) is 34.4 Å². The van der Waals surface area contributed by atoms with E-state index in [-0.39, 0.29) is 18.1 Å². The first-order valence-corrected chi connectivity index (χ1v) is 29.0. The zero-order valence-corrected chi connectivity index (χ0v) is 36.0. The molecule has 0 aliphatic heterocycles. The molecule has 4 aromatic rings. The minimum atomic E-state index is -4.86. The van der Waals surface area contributed by atoms with Gasteiger partial charge in [0.1, 0.15) is 0 Å². The Morgan fingerprint density at radius 2 is 0.857 bits per heavy atom. The van der Waals surface area contributed by atoms with Gasteiger partial charge in [-0.2, -0.15) is 0 Å². The van der Waals surface area contributed by atoms with Crippen molar-refractivity contribution in [2.45, 2.75) is 112 Å². The van der Waals surface area contributed by atoms with Gasteiger partial charge in [-0.15, -0.1) is 0 Å². The van der Waals surface area contributed by atoms with Crippen LogP contribution in [-0.2, 0) is 27.2 Å². The van der Waals surface area contributed by atoms with Crippen molar-refractivity contribution in [2.24, 2.45) is 0 Å². The van der Waals surface area contributed by atoms with Crippen molar-refractivity contribution in [3.63, 3.8) is 0 Å². The first kappa shape index (κ1) is 36.6. The topological polar surface area (TPSA) is 0 Å². The number of aryl methyl sites for hydroxylation is 4. The monoisotopic (exact) mass is 767 g/mol. The van der Waals surface area contributed by atoms with Gasteiger partial charge in [-0.05, 0) is 0 Å². The number of rotatable bonds is 5. The zero-order valence-electron chi connectivity index (χ0n) is 32.0. The van der Waals surface area contributed by atoms with Crippen molar-refractivity contribution in [2.75, 3.05) is 0 Å². The third-order valence-corrected chi connectivity index (χ3v) is 32.9. The first-order chi connectivity index (χ1) is 22.7. The van der Waals surface area contributed by atoms with E-state index < -0.39 is 16.4 Å². The predicted molar refractivity (Wildman–Crippen MR) is 215 cm³/mol.